The van der Waals surface area contributed by atoms with Crippen LogP contribution in [0.5, 0.6) is 0 Å². The summed E-state index contributed by atoms with van der Waals surface area (Å²) in [7, 11) is 0. The highest BCUT2D eigenvalue weighted by Crippen LogP contribution is 2.31. The second-order valence-corrected chi connectivity index (χ2v) is 7.47. The van der Waals surface area contributed by atoms with Gasteiger partial charge in [-0.05, 0) is 31.4 Å². The van der Waals surface area contributed by atoms with E-state index in [1.807, 2.05) is 9.80 Å². The number of hydrogen-bond acceptors (Lipinski definition) is 8. The van der Waals surface area contributed by atoms with E-state index in [-0.39, 0.29) is 30.1 Å². The van der Waals surface area contributed by atoms with Gasteiger partial charge >= 0.3 is 6.01 Å². The number of piperidine rings is 1. The van der Waals surface area contributed by atoms with Gasteiger partial charge in [-0.1, -0.05) is 5.16 Å². The van der Waals surface area contributed by atoms with Gasteiger partial charge in [0.1, 0.15) is 17.5 Å². The van der Waals surface area contributed by atoms with E-state index >= 15 is 0 Å². The van der Waals surface area contributed by atoms with Crippen molar-refractivity contribution in [1.29, 1.82) is 0 Å². The zero-order valence-corrected chi connectivity index (χ0v) is 15.6. The lowest BCUT2D eigenvalue weighted by Crippen LogP contribution is -2.35. The highest BCUT2D eigenvalue weighted by Gasteiger charge is 2.26. The van der Waals surface area contributed by atoms with Crippen molar-refractivity contribution >= 4 is 22.9 Å². The number of pyridine rings is 2. The molecule has 1 unspecified atom stereocenters. The van der Waals surface area contributed by atoms with Gasteiger partial charge in [0.15, 0.2) is 5.82 Å². The van der Waals surface area contributed by atoms with Crippen LogP contribution < -0.4 is 9.80 Å². The summed E-state index contributed by atoms with van der Waals surface area (Å²) in [6.07, 6.45) is 1.57. The van der Waals surface area contributed by atoms with E-state index in [4.69, 9.17) is 4.52 Å². The molecule has 3 aromatic rings. The van der Waals surface area contributed by atoms with Crippen LogP contribution >= 0.6 is 0 Å². The highest BCUT2D eigenvalue weighted by atomic mass is 19.1. The summed E-state index contributed by atoms with van der Waals surface area (Å²) >= 11 is 0. The van der Waals surface area contributed by atoms with Crippen LogP contribution in [0, 0.1) is 5.82 Å². The summed E-state index contributed by atoms with van der Waals surface area (Å²) in [5.74, 6) is 0.0545. The van der Waals surface area contributed by atoms with Gasteiger partial charge in [0.2, 0.25) is 5.82 Å². The summed E-state index contributed by atoms with van der Waals surface area (Å²) in [5, 5.41) is 13.6. The molecule has 2 fully saturated rings. The Bertz CT molecular complexity index is 1040. The number of rotatable bonds is 3. The molecule has 3 aromatic heterocycles. The molecule has 10 heteroatoms. The fourth-order valence-corrected chi connectivity index (χ4v) is 3.85. The molecule has 2 aliphatic rings. The average Bonchev–Trinajstić information content (AvgIpc) is 3.37. The number of anilines is 2. The van der Waals surface area contributed by atoms with Gasteiger partial charge in [-0.3, -0.25) is 4.98 Å². The third-order valence-electron chi connectivity index (χ3n) is 5.48. The Morgan fingerprint density at radius 1 is 1.07 bits per heavy atom. The Kier molecular flexibility index (Phi) is 4.50. The maximum Gasteiger partial charge on any atom is 0.324 e. The van der Waals surface area contributed by atoms with Crippen LogP contribution in [0.25, 0.3) is 22.4 Å². The van der Waals surface area contributed by atoms with Crippen molar-refractivity contribution in [3.8, 4) is 11.4 Å². The lowest BCUT2D eigenvalue weighted by atomic mass is 10.1. The van der Waals surface area contributed by atoms with Gasteiger partial charge < -0.3 is 19.4 Å². The quantitative estimate of drug-likeness (QED) is 0.714. The first kappa shape index (κ1) is 18.2. The second kappa shape index (κ2) is 7.18. The first-order valence-electron chi connectivity index (χ1n) is 9.70. The van der Waals surface area contributed by atoms with E-state index in [1.165, 1.54) is 0 Å². The van der Waals surface area contributed by atoms with Gasteiger partial charge in [0.05, 0.1) is 29.9 Å². The molecule has 5 heterocycles. The molecular formula is C19H20F2N6O2. The third-order valence-corrected chi connectivity index (χ3v) is 5.48. The maximum atomic E-state index is 14.7. The minimum Gasteiger partial charge on any atom is -0.393 e. The van der Waals surface area contributed by atoms with Gasteiger partial charge in [0, 0.05) is 19.6 Å². The standard InChI is InChI=1S/C19H20F2N6O2/c20-11-3-6-27(10-11)15-2-1-14-17(23-15)16(13(21)9-22-14)18-24-19(29-25-18)26-7-4-12(28)5-8-26/h1-2,9,11-12,28H,3-8,10H2. The molecule has 152 valence electrons. The largest absolute Gasteiger partial charge is 0.393 e. The zero-order valence-electron chi connectivity index (χ0n) is 15.6. The van der Waals surface area contributed by atoms with Crippen molar-refractivity contribution in [2.45, 2.75) is 31.5 Å². The number of aliphatic hydroxyl groups is 1. The predicted octanol–water partition coefficient (Wildman–Crippen LogP) is 2.33. The van der Waals surface area contributed by atoms with Crippen LogP contribution in [0.3, 0.4) is 0 Å². The molecule has 0 aliphatic carbocycles. The zero-order chi connectivity index (χ0) is 20.0. The van der Waals surface area contributed by atoms with Gasteiger partial charge in [0.25, 0.3) is 0 Å². The van der Waals surface area contributed by atoms with Crippen LogP contribution in [0.1, 0.15) is 19.3 Å². The van der Waals surface area contributed by atoms with Crippen molar-refractivity contribution in [2.75, 3.05) is 36.0 Å². The Labute approximate surface area is 165 Å². The lowest BCUT2D eigenvalue weighted by Gasteiger charge is -2.27. The molecular weight excluding hydrogens is 382 g/mol. The number of hydrogen-bond donors (Lipinski definition) is 1. The Balaban J connectivity index is 1.53. The fourth-order valence-electron chi connectivity index (χ4n) is 3.85. The lowest BCUT2D eigenvalue weighted by molar-refractivity contribution is 0.143. The summed E-state index contributed by atoms with van der Waals surface area (Å²) in [4.78, 5) is 16.7. The van der Waals surface area contributed by atoms with Crippen molar-refractivity contribution in [3.63, 3.8) is 0 Å². The summed E-state index contributed by atoms with van der Waals surface area (Å²) in [5.41, 5.74) is 0.916. The molecule has 0 bridgehead atoms. The van der Waals surface area contributed by atoms with Crippen LogP contribution in [0.15, 0.2) is 22.9 Å². The van der Waals surface area contributed by atoms with E-state index in [0.717, 1.165) is 6.20 Å². The monoisotopic (exact) mass is 402 g/mol. The van der Waals surface area contributed by atoms with E-state index < -0.39 is 12.0 Å². The topological polar surface area (TPSA) is 91.4 Å². The predicted molar refractivity (Wildman–Crippen MR) is 102 cm³/mol. The van der Waals surface area contributed by atoms with Gasteiger partial charge in [-0.25, -0.2) is 13.8 Å². The minimum absolute atomic E-state index is 0.0884. The molecule has 0 spiro atoms. The average molecular weight is 402 g/mol. The molecule has 0 amide bonds. The maximum absolute atomic E-state index is 14.7. The van der Waals surface area contributed by atoms with Crippen LogP contribution in [-0.2, 0) is 0 Å². The number of nitrogens with zero attached hydrogens (tertiary/aromatic N) is 6. The van der Waals surface area contributed by atoms with Crippen molar-refractivity contribution in [2.24, 2.45) is 0 Å². The van der Waals surface area contributed by atoms with Crippen LogP contribution in [0.4, 0.5) is 20.6 Å². The van der Waals surface area contributed by atoms with E-state index in [0.29, 0.717) is 55.7 Å². The van der Waals surface area contributed by atoms with E-state index in [9.17, 15) is 13.9 Å². The number of halogens is 2. The van der Waals surface area contributed by atoms with E-state index in [2.05, 4.69) is 20.1 Å². The first-order valence-corrected chi connectivity index (χ1v) is 9.70. The van der Waals surface area contributed by atoms with Gasteiger partial charge in [-0.2, -0.15) is 4.98 Å². The minimum atomic E-state index is -0.888. The van der Waals surface area contributed by atoms with E-state index in [1.54, 1.807) is 12.1 Å². The summed E-state index contributed by atoms with van der Waals surface area (Å²) < 4.78 is 33.7. The molecule has 0 saturated carbocycles. The van der Waals surface area contributed by atoms with Crippen molar-refractivity contribution in [3.05, 3.63) is 24.1 Å². The molecule has 1 N–H and O–H groups in total. The molecule has 0 radical (unpaired) electrons. The van der Waals surface area contributed by atoms with Crippen LogP contribution in [0.2, 0.25) is 0 Å². The first-order chi connectivity index (χ1) is 14.1. The molecule has 8 nitrogen and oxygen atoms in total. The molecule has 29 heavy (non-hydrogen) atoms. The number of alkyl halides is 1. The summed E-state index contributed by atoms with van der Waals surface area (Å²) in [6, 6.07) is 3.78. The number of fused-ring (bicyclic) bond motifs is 1. The molecule has 2 aliphatic heterocycles. The number of aliphatic hydroxyl groups excluding tert-OH is 1. The highest BCUT2D eigenvalue weighted by molar-refractivity contribution is 5.90. The SMILES string of the molecule is OC1CCN(c2nc(-c3c(F)cnc4ccc(N5CCC(F)C5)nc34)no2)CC1. The Hall–Kier alpha value is -2.88. The smallest absolute Gasteiger partial charge is 0.324 e. The fraction of sp³-hybridized carbons (Fsp3) is 0.474. The normalized spacial score (nSPS) is 20.7. The van der Waals surface area contributed by atoms with Crippen molar-refractivity contribution < 1.29 is 18.4 Å². The molecule has 0 aromatic carbocycles. The Morgan fingerprint density at radius 3 is 2.62 bits per heavy atom. The number of aromatic nitrogens is 4. The Morgan fingerprint density at radius 2 is 1.86 bits per heavy atom. The third kappa shape index (κ3) is 3.37. The summed E-state index contributed by atoms with van der Waals surface area (Å²) in [6.45, 7) is 2.00. The molecule has 2 saturated heterocycles. The molecule has 1 atom stereocenters. The van der Waals surface area contributed by atoms with Gasteiger partial charge in [-0.15, -0.1) is 0 Å². The van der Waals surface area contributed by atoms with Crippen LogP contribution in [-0.4, -0.2) is 63.7 Å². The molecule has 5 rings (SSSR count). The second-order valence-electron chi connectivity index (χ2n) is 7.47. The van der Waals surface area contributed by atoms with Crippen molar-refractivity contribution in [1.82, 2.24) is 20.1 Å².